The molecule has 0 aliphatic rings. The molecule has 0 amide bonds. The molecule has 2 aromatic carbocycles. The van der Waals surface area contributed by atoms with Gasteiger partial charge in [0.05, 0.1) is 28.1 Å². The second-order valence-corrected chi connectivity index (χ2v) is 4.57. The molecule has 9 nitrogen and oxygen atoms in total. The van der Waals surface area contributed by atoms with Crippen molar-refractivity contribution in [2.75, 3.05) is 6.61 Å². The number of rotatable bonds is 4. The summed E-state index contributed by atoms with van der Waals surface area (Å²) in [5, 5.41) is 20.3. The Bertz CT molecular complexity index is 719. The van der Waals surface area contributed by atoms with Crippen LogP contribution < -0.4 is 6.15 Å². The molecule has 0 saturated carbocycles. The Labute approximate surface area is 144 Å². The third kappa shape index (κ3) is 6.75. The Morgan fingerprint density at radius 1 is 1.00 bits per heavy atom. The smallest absolute Gasteiger partial charge is 0.338 e. The van der Waals surface area contributed by atoms with Gasteiger partial charge in [-0.3, -0.25) is 20.2 Å². The van der Waals surface area contributed by atoms with E-state index < -0.39 is 9.85 Å². The third-order valence-electron chi connectivity index (χ3n) is 2.89. The maximum atomic E-state index is 11.2. The first-order chi connectivity index (χ1) is 11.4. The number of nitro benzene ring substituents is 2. The van der Waals surface area contributed by atoms with Gasteiger partial charge in [0.25, 0.3) is 11.4 Å². The first-order valence-corrected chi connectivity index (χ1v) is 6.98. The van der Waals surface area contributed by atoms with Crippen molar-refractivity contribution in [3.8, 4) is 0 Å². The molecule has 0 unspecified atom stereocenters. The highest BCUT2D eigenvalue weighted by Gasteiger charge is 2.11. The summed E-state index contributed by atoms with van der Waals surface area (Å²) in [6.45, 7) is 4.12. The first kappa shape index (κ1) is 21.7. The van der Waals surface area contributed by atoms with E-state index in [9.17, 15) is 25.0 Å². The van der Waals surface area contributed by atoms with E-state index in [1.54, 1.807) is 13.0 Å². The van der Waals surface area contributed by atoms with Crippen molar-refractivity contribution in [3.63, 3.8) is 0 Å². The molecule has 0 aromatic heterocycles. The Morgan fingerprint density at radius 2 is 1.52 bits per heavy atom. The van der Waals surface area contributed by atoms with Crippen LogP contribution in [0.1, 0.15) is 22.8 Å². The maximum absolute atomic E-state index is 11.2. The molecule has 25 heavy (non-hydrogen) atoms. The van der Waals surface area contributed by atoms with Gasteiger partial charge in [0.15, 0.2) is 0 Å². The molecule has 0 aliphatic carbocycles. The van der Waals surface area contributed by atoms with E-state index in [1.807, 2.05) is 25.1 Å². The quantitative estimate of drug-likeness (QED) is 0.500. The van der Waals surface area contributed by atoms with Crippen LogP contribution in [0.4, 0.5) is 11.4 Å². The molecule has 2 rings (SSSR count). The summed E-state index contributed by atoms with van der Waals surface area (Å²) in [7, 11) is 0. The minimum absolute atomic E-state index is 0. The molecule has 0 saturated heterocycles. The standard InChI is InChI=1S/C10H12O2.C6H4N2O4.H3N/c1-3-12-10(11)9-7-5-4-6-8(9)2;9-7(10)5-2-1-3-6(4-5)8(11)12;/h4-7H,3H2,1-2H3;1-4H;1H3. The zero-order chi connectivity index (χ0) is 18.1. The van der Waals surface area contributed by atoms with Crippen LogP contribution in [0.3, 0.4) is 0 Å². The summed E-state index contributed by atoms with van der Waals surface area (Å²) >= 11 is 0. The van der Waals surface area contributed by atoms with E-state index in [0.29, 0.717) is 12.2 Å². The molecule has 9 heteroatoms. The van der Waals surface area contributed by atoms with Crippen LogP contribution in [-0.4, -0.2) is 22.4 Å². The molecule has 0 heterocycles. The Kier molecular flexibility index (Phi) is 9.05. The second-order valence-electron chi connectivity index (χ2n) is 4.57. The molecule has 0 bridgehead atoms. The summed E-state index contributed by atoms with van der Waals surface area (Å²) in [4.78, 5) is 30.2. The molecular formula is C16H19N3O6. The number of nitrogens with zero attached hydrogens (tertiary/aromatic N) is 2. The van der Waals surface area contributed by atoms with E-state index in [-0.39, 0.29) is 23.5 Å². The van der Waals surface area contributed by atoms with Crippen molar-refractivity contribution in [2.24, 2.45) is 0 Å². The second kappa shape index (κ2) is 10.4. The van der Waals surface area contributed by atoms with Crippen LogP contribution in [0.15, 0.2) is 48.5 Å². The first-order valence-electron chi connectivity index (χ1n) is 6.98. The van der Waals surface area contributed by atoms with Gasteiger partial charge in [-0.25, -0.2) is 4.79 Å². The van der Waals surface area contributed by atoms with Crippen molar-refractivity contribution in [3.05, 3.63) is 79.9 Å². The minimum Gasteiger partial charge on any atom is -0.462 e. The van der Waals surface area contributed by atoms with Gasteiger partial charge < -0.3 is 10.9 Å². The molecule has 0 fully saturated rings. The maximum Gasteiger partial charge on any atom is 0.338 e. The minimum atomic E-state index is -0.674. The molecular weight excluding hydrogens is 330 g/mol. The molecule has 0 atom stereocenters. The van der Waals surface area contributed by atoms with Gasteiger partial charge in [-0.15, -0.1) is 0 Å². The highest BCUT2D eigenvalue weighted by molar-refractivity contribution is 5.90. The van der Waals surface area contributed by atoms with Gasteiger partial charge in [0.2, 0.25) is 0 Å². The molecule has 0 radical (unpaired) electrons. The van der Waals surface area contributed by atoms with Crippen LogP contribution in [0.5, 0.6) is 0 Å². The molecule has 2 aromatic rings. The van der Waals surface area contributed by atoms with Crippen molar-refractivity contribution in [1.82, 2.24) is 6.15 Å². The van der Waals surface area contributed by atoms with Crippen molar-refractivity contribution in [2.45, 2.75) is 13.8 Å². The fourth-order valence-corrected chi connectivity index (χ4v) is 1.73. The molecule has 3 N–H and O–H groups in total. The fraction of sp³-hybridized carbons (Fsp3) is 0.188. The summed E-state index contributed by atoms with van der Waals surface area (Å²) in [5.41, 5.74) is 1.06. The third-order valence-corrected chi connectivity index (χ3v) is 2.89. The van der Waals surface area contributed by atoms with E-state index >= 15 is 0 Å². The topological polar surface area (TPSA) is 148 Å². The number of hydrogen-bond acceptors (Lipinski definition) is 7. The van der Waals surface area contributed by atoms with Crippen LogP contribution in [0.25, 0.3) is 0 Å². The molecule has 0 aliphatic heterocycles. The normalized spacial score (nSPS) is 9.04. The highest BCUT2D eigenvalue weighted by Crippen LogP contribution is 2.18. The number of aryl methyl sites for hydroxylation is 1. The Hall–Kier alpha value is -3.33. The van der Waals surface area contributed by atoms with Crippen molar-refractivity contribution < 1.29 is 19.4 Å². The predicted molar refractivity (Wildman–Crippen MR) is 91.9 cm³/mol. The zero-order valence-electron chi connectivity index (χ0n) is 13.9. The van der Waals surface area contributed by atoms with E-state index in [0.717, 1.165) is 11.6 Å². The number of ether oxygens (including phenoxy) is 1. The SMILES string of the molecule is CCOC(=O)c1ccccc1C.N.O=[N+]([O-])c1cccc([N+](=O)[O-])c1. The average Bonchev–Trinajstić information content (AvgIpc) is 2.56. The van der Waals surface area contributed by atoms with Crippen LogP contribution in [0.2, 0.25) is 0 Å². The lowest BCUT2D eigenvalue weighted by atomic mass is 10.1. The predicted octanol–water partition coefficient (Wildman–Crippen LogP) is 3.84. The number of non-ortho nitro benzene ring substituents is 2. The van der Waals surface area contributed by atoms with E-state index in [2.05, 4.69) is 0 Å². The van der Waals surface area contributed by atoms with Gasteiger partial charge in [0.1, 0.15) is 0 Å². The highest BCUT2D eigenvalue weighted by atomic mass is 16.6. The van der Waals surface area contributed by atoms with Crippen LogP contribution >= 0.6 is 0 Å². The lowest BCUT2D eigenvalue weighted by Gasteiger charge is -2.03. The number of nitro groups is 2. The summed E-state index contributed by atoms with van der Waals surface area (Å²) < 4.78 is 4.87. The summed E-state index contributed by atoms with van der Waals surface area (Å²) in [5.74, 6) is -0.240. The number of hydrogen-bond donors (Lipinski definition) is 1. The number of benzene rings is 2. The largest absolute Gasteiger partial charge is 0.462 e. The molecule has 0 spiro atoms. The van der Waals surface area contributed by atoms with Crippen molar-refractivity contribution in [1.29, 1.82) is 0 Å². The lowest BCUT2D eigenvalue weighted by molar-refractivity contribution is -0.394. The number of carbonyl (C=O) groups excluding carboxylic acids is 1. The molecule has 134 valence electrons. The summed E-state index contributed by atoms with van der Waals surface area (Å²) in [6.07, 6.45) is 0. The Balaban J connectivity index is 0.000000443. The van der Waals surface area contributed by atoms with Gasteiger partial charge in [-0.1, -0.05) is 18.2 Å². The lowest BCUT2D eigenvalue weighted by Crippen LogP contribution is -2.05. The fourth-order valence-electron chi connectivity index (χ4n) is 1.73. The zero-order valence-corrected chi connectivity index (χ0v) is 13.9. The Morgan fingerprint density at radius 3 is 1.96 bits per heavy atom. The van der Waals surface area contributed by atoms with Crippen LogP contribution in [-0.2, 0) is 4.74 Å². The average molecular weight is 349 g/mol. The van der Waals surface area contributed by atoms with E-state index in [4.69, 9.17) is 4.74 Å². The monoisotopic (exact) mass is 349 g/mol. The van der Waals surface area contributed by atoms with Gasteiger partial charge in [-0.2, -0.15) is 0 Å². The van der Waals surface area contributed by atoms with Gasteiger partial charge in [0, 0.05) is 12.1 Å². The number of carbonyl (C=O) groups is 1. The van der Waals surface area contributed by atoms with Crippen LogP contribution in [0, 0.1) is 27.2 Å². The number of esters is 1. The van der Waals surface area contributed by atoms with Gasteiger partial charge >= 0.3 is 5.97 Å². The van der Waals surface area contributed by atoms with E-state index in [1.165, 1.54) is 18.2 Å². The van der Waals surface area contributed by atoms with Gasteiger partial charge in [-0.05, 0) is 31.5 Å². The van der Waals surface area contributed by atoms with Crippen molar-refractivity contribution >= 4 is 17.3 Å². The summed E-state index contributed by atoms with van der Waals surface area (Å²) in [6, 6.07) is 12.0.